The molecule has 0 spiro atoms. The minimum Gasteiger partial charge on any atom is -0.392 e. The summed E-state index contributed by atoms with van der Waals surface area (Å²) in [5, 5.41) is 29.1. The second-order valence-electron chi connectivity index (χ2n) is 24.0. The summed E-state index contributed by atoms with van der Waals surface area (Å²) in [5.41, 5.74) is 5.25. The largest absolute Gasteiger partial charge is 0.392 e. The van der Waals surface area contributed by atoms with Crippen LogP contribution in [-0.2, 0) is 25.5 Å². The summed E-state index contributed by atoms with van der Waals surface area (Å²) in [7, 11) is 1.97. The average molecular weight is 863 g/mol. The van der Waals surface area contributed by atoms with Crippen LogP contribution in [0.25, 0.3) is 0 Å². The summed E-state index contributed by atoms with van der Waals surface area (Å²) in [6.07, 6.45) is 14.1. The van der Waals surface area contributed by atoms with Crippen molar-refractivity contribution in [3.05, 3.63) is 70.1 Å². The molecule has 4 heterocycles. The number of benzene rings is 1. The summed E-state index contributed by atoms with van der Waals surface area (Å²) in [4.78, 5) is 35.7. The topological polar surface area (TPSA) is 125 Å². The van der Waals surface area contributed by atoms with Gasteiger partial charge in [-0.05, 0) is 149 Å². The molecule has 0 aromatic heterocycles. The fourth-order valence-corrected chi connectivity index (χ4v) is 16.7. The molecule has 3 saturated carbocycles. The minimum absolute atomic E-state index is 0.0401. The number of hydrogen-bond acceptors (Lipinski definition) is 8. The Hall–Kier alpha value is -2.79. The Kier molecular flexibility index (Phi) is 10.4. The lowest BCUT2D eigenvalue weighted by Crippen LogP contribution is -3.12. The van der Waals surface area contributed by atoms with E-state index in [4.69, 9.17) is 14.5 Å². The predicted molar refractivity (Wildman–Crippen MR) is 245 cm³/mol. The van der Waals surface area contributed by atoms with E-state index < -0.39 is 33.9 Å². The lowest BCUT2D eigenvalue weighted by Gasteiger charge is -2.72. The highest BCUT2D eigenvalue weighted by Crippen LogP contribution is 2.79. The van der Waals surface area contributed by atoms with E-state index in [0.29, 0.717) is 43.9 Å². The highest BCUT2D eigenvalue weighted by Gasteiger charge is 2.77. The first-order valence-corrected chi connectivity index (χ1v) is 24.7. The van der Waals surface area contributed by atoms with Crippen molar-refractivity contribution in [1.82, 2.24) is 5.32 Å². The lowest BCUT2D eigenvalue weighted by atomic mass is 9.31. The second kappa shape index (κ2) is 14.9. The number of carbonyl (C=O) groups is 2. The number of aryl methyl sites for hydroxylation is 1. The number of epoxide rings is 1. The van der Waals surface area contributed by atoms with Gasteiger partial charge in [0.15, 0.2) is 11.8 Å². The molecule has 5 fully saturated rings. The second-order valence-corrected chi connectivity index (χ2v) is 24.0. The van der Waals surface area contributed by atoms with Crippen LogP contribution in [0, 0.1) is 51.2 Å². The van der Waals surface area contributed by atoms with Gasteiger partial charge in [-0.2, -0.15) is 0 Å². The van der Waals surface area contributed by atoms with Gasteiger partial charge in [0.25, 0.3) is 0 Å². The number of allylic oxidation sites excluding steroid dienone is 1. The maximum Gasteiger partial charge on any atom is 0.160 e. The average Bonchev–Trinajstić information content (AvgIpc) is 3.52. The van der Waals surface area contributed by atoms with Crippen LogP contribution < -0.4 is 10.2 Å². The summed E-state index contributed by atoms with van der Waals surface area (Å²) in [6.45, 7) is 21.0. The number of aliphatic hydroxyl groups is 2. The van der Waals surface area contributed by atoms with Gasteiger partial charge in [-0.3, -0.25) is 19.5 Å². The van der Waals surface area contributed by atoms with E-state index in [2.05, 4.69) is 77.3 Å². The molecule has 0 radical (unpaired) electrons. The van der Waals surface area contributed by atoms with Crippen molar-refractivity contribution in [2.24, 2.45) is 49.3 Å². The van der Waals surface area contributed by atoms with Crippen LogP contribution in [0.5, 0.6) is 0 Å². The molecule has 5 aliphatic carbocycles. The van der Waals surface area contributed by atoms with Gasteiger partial charge in [0.1, 0.15) is 23.8 Å². The van der Waals surface area contributed by atoms with Crippen LogP contribution in [0.1, 0.15) is 142 Å². The summed E-state index contributed by atoms with van der Waals surface area (Å²) >= 11 is 0. The predicted octanol–water partition coefficient (Wildman–Crippen LogP) is 6.93. The van der Waals surface area contributed by atoms with E-state index in [9.17, 15) is 15.0 Å². The Morgan fingerprint density at radius 3 is 2.44 bits per heavy atom. The summed E-state index contributed by atoms with van der Waals surface area (Å²) in [5.74, 6) is 1.14. The quantitative estimate of drug-likeness (QED) is 0.178. The molecule has 9 aliphatic rings. The highest BCUT2D eigenvalue weighted by molar-refractivity contribution is 6.07. The highest BCUT2D eigenvalue weighted by atomic mass is 16.6. The number of rotatable bonds is 11. The molecule has 2 saturated heterocycles. The number of ketones is 2. The molecule has 9 nitrogen and oxygen atoms in total. The van der Waals surface area contributed by atoms with Gasteiger partial charge in [0.05, 0.1) is 29.8 Å². The first-order chi connectivity index (χ1) is 29.7. The van der Waals surface area contributed by atoms with Crippen LogP contribution in [0.4, 0.5) is 0 Å². The van der Waals surface area contributed by atoms with Crippen LogP contribution in [0.15, 0.2) is 58.4 Å². The fraction of sp³-hybridized carbons (Fsp3) is 0.722. The fourth-order valence-electron chi connectivity index (χ4n) is 16.7. The first-order valence-electron chi connectivity index (χ1n) is 24.7. The van der Waals surface area contributed by atoms with E-state index in [0.717, 1.165) is 82.4 Å². The molecular weight excluding hydrogens is 787 g/mol. The molecule has 0 bridgehead atoms. The number of nitrogens with zero attached hydrogens (tertiary/aromatic N) is 1. The third-order valence-corrected chi connectivity index (χ3v) is 20.0. The zero-order valence-corrected chi connectivity index (χ0v) is 39.8. The Balaban J connectivity index is 1.09. The van der Waals surface area contributed by atoms with Crippen molar-refractivity contribution in [2.45, 2.75) is 168 Å². The number of aliphatic imine (C=N–C) groups is 1. The SMILES string of the molecule is CNCC[C@]1(C)C(=O)CC[C@@]2(C)[C@H]3[C@H](O)[C@@]4(C[NH+]5C=C(Cc6cc(C)cc(C7CCOCC7)c6)C6=NC=CC65)CC[C@@](C)(C[C@@H](O)[C@@H]5OC5(C)C)C5=C4[C@](C)(CC5=O)[C@]3(C)CC[C@@H]21. The summed E-state index contributed by atoms with van der Waals surface area (Å²) in [6, 6.07) is 7.15. The first kappa shape index (κ1) is 44.1. The van der Waals surface area contributed by atoms with Crippen molar-refractivity contribution in [3.8, 4) is 0 Å². The van der Waals surface area contributed by atoms with Gasteiger partial charge in [0, 0.05) is 60.7 Å². The molecule has 9 heteroatoms. The molecular formula is C54H76N3O6+. The van der Waals surface area contributed by atoms with Gasteiger partial charge < -0.3 is 25.0 Å². The Bertz CT molecular complexity index is 2220. The van der Waals surface area contributed by atoms with Crippen LogP contribution >= 0.6 is 0 Å². The molecule has 4 N–H and O–H groups in total. The van der Waals surface area contributed by atoms with Crippen LogP contribution in [-0.4, -0.2) is 90.8 Å². The number of fused-ring (bicyclic) bond motifs is 5. The number of ether oxygens (including phenoxy) is 2. The molecule has 0 amide bonds. The van der Waals surface area contributed by atoms with E-state index in [1.165, 1.54) is 32.7 Å². The number of quaternary nitrogens is 1. The van der Waals surface area contributed by atoms with Crippen molar-refractivity contribution in [3.63, 3.8) is 0 Å². The standard InChI is InChI=1S/C54H75N3O6/c1-32-24-33(26-35(25-32)34-13-22-62-23-14-34)27-36-30-57(37-12-20-56-43(36)37)31-54-18-17-49(4,28-39(59)47-48(2,3)63-47)42-38(58)29-53(8,44(42)54)52(7)16-10-40-50(5,19-21-55-9)41(60)11-15-51(40,6)45(52)46(54)61/h12,20,24-26,30,34,37,39-40,45-47,55,59,61H,10-11,13-19,21-23,27-29,31H2,1-9H3/p+1/t37?,39-,40-,45-,46+,47+,49+,50+,51-,52-,53+,54-/m1/s1. The van der Waals surface area contributed by atoms with E-state index in [-0.39, 0.29) is 46.2 Å². The third-order valence-electron chi connectivity index (χ3n) is 20.0. The van der Waals surface area contributed by atoms with Crippen molar-refractivity contribution in [1.29, 1.82) is 0 Å². The Labute approximate surface area is 376 Å². The number of nitrogens with one attached hydrogen (secondary N) is 2. The van der Waals surface area contributed by atoms with Crippen molar-refractivity contribution < 1.29 is 34.2 Å². The Morgan fingerprint density at radius 1 is 0.984 bits per heavy atom. The van der Waals surface area contributed by atoms with E-state index in [1.807, 2.05) is 27.1 Å². The number of aliphatic hydroxyl groups excluding tert-OH is 2. The molecule has 1 aromatic rings. The van der Waals surface area contributed by atoms with Crippen molar-refractivity contribution in [2.75, 3.05) is 33.4 Å². The molecule has 4 aliphatic heterocycles. The lowest BCUT2D eigenvalue weighted by molar-refractivity contribution is -0.860. The maximum absolute atomic E-state index is 15.2. The normalized spacial score (nSPS) is 44.2. The van der Waals surface area contributed by atoms with Gasteiger partial charge in [-0.1, -0.05) is 58.4 Å². The zero-order chi connectivity index (χ0) is 44.7. The molecule has 1 aromatic carbocycles. The van der Waals surface area contributed by atoms with Crippen LogP contribution in [0.2, 0.25) is 0 Å². The van der Waals surface area contributed by atoms with E-state index in [1.54, 1.807) is 0 Å². The van der Waals surface area contributed by atoms with Gasteiger partial charge >= 0.3 is 0 Å². The molecule has 63 heavy (non-hydrogen) atoms. The smallest absolute Gasteiger partial charge is 0.160 e. The zero-order valence-electron chi connectivity index (χ0n) is 39.8. The number of Topliss-reactive ketones (excluding diaryl/α,β-unsaturated/α-hetero) is 2. The van der Waals surface area contributed by atoms with Crippen molar-refractivity contribution >= 4 is 17.3 Å². The third kappa shape index (κ3) is 6.39. The number of carbonyl (C=O) groups excluding carboxylic acids is 2. The minimum atomic E-state index is -0.712. The monoisotopic (exact) mass is 863 g/mol. The van der Waals surface area contributed by atoms with Crippen LogP contribution in [0.3, 0.4) is 0 Å². The molecule has 342 valence electrons. The van der Waals surface area contributed by atoms with Gasteiger partial charge in [-0.25, -0.2) is 0 Å². The van der Waals surface area contributed by atoms with Gasteiger partial charge in [0.2, 0.25) is 0 Å². The summed E-state index contributed by atoms with van der Waals surface area (Å²) < 4.78 is 11.7. The maximum atomic E-state index is 15.2. The molecule has 10 rings (SSSR count). The molecule has 13 atom stereocenters. The Morgan fingerprint density at radius 2 is 1.73 bits per heavy atom. The van der Waals surface area contributed by atoms with E-state index >= 15 is 4.79 Å². The van der Waals surface area contributed by atoms with Gasteiger partial charge in [-0.15, -0.1) is 0 Å². The molecule has 2 unspecified atom stereocenters. The number of hydrogen-bond donors (Lipinski definition) is 4.